The monoisotopic (exact) mass is 337 g/mol. The van der Waals surface area contributed by atoms with Crippen LogP contribution in [0, 0.1) is 0 Å². The molecule has 1 amide bonds. The Balaban J connectivity index is 0.00000192. The number of fused-ring (bicyclic) bond motifs is 1. The van der Waals surface area contributed by atoms with Gasteiger partial charge in [-0.25, -0.2) is 0 Å². The Hall–Kier alpha value is -1.72. The number of piperazine rings is 1. The third-order valence-corrected chi connectivity index (χ3v) is 4.07. The number of nitrogens with one attached hydrogen (secondary N) is 2. The topological polar surface area (TPSA) is 57.5 Å². The fraction of sp³-hybridized carbons (Fsp3) is 0.471. The van der Waals surface area contributed by atoms with Crippen LogP contribution in [0.15, 0.2) is 28.9 Å². The van der Waals surface area contributed by atoms with Gasteiger partial charge in [0.25, 0.3) is 5.91 Å². The lowest BCUT2D eigenvalue weighted by Gasteiger charge is -2.29. The number of unbranched alkanes of at least 4 members (excludes halogenated alkanes) is 1. The zero-order chi connectivity index (χ0) is 15.4. The molecule has 2 N–H and O–H groups in total. The van der Waals surface area contributed by atoms with Crippen molar-refractivity contribution in [2.75, 3.05) is 37.6 Å². The molecule has 1 aromatic carbocycles. The van der Waals surface area contributed by atoms with Crippen LogP contribution in [-0.2, 0) is 0 Å². The second-order valence-corrected chi connectivity index (χ2v) is 5.68. The Bertz CT molecular complexity index is 650. The number of halogens is 1. The van der Waals surface area contributed by atoms with E-state index >= 15 is 0 Å². The van der Waals surface area contributed by atoms with Crippen LogP contribution in [0.2, 0.25) is 0 Å². The first kappa shape index (κ1) is 17.6. The number of hydrogen-bond donors (Lipinski definition) is 2. The molecule has 23 heavy (non-hydrogen) atoms. The average Bonchev–Trinajstić information content (AvgIpc) is 3.03. The smallest absolute Gasteiger partial charge is 0.251 e. The van der Waals surface area contributed by atoms with E-state index in [2.05, 4.69) is 22.5 Å². The van der Waals surface area contributed by atoms with Crippen LogP contribution in [0.4, 0.5) is 5.69 Å². The molecule has 3 rings (SSSR count). The van der Waals surface area contributed by atoms with Gasteiger partial charge in [-0.05, 0) is 24.6 Å². The molecule has 1 saturated heterocycles. The van der Waals surface area contributed by atoms with Crippen LogP contribution in [0.25, 0.3) is 11.0 Å². The number of amides is 1. The standard InChI is InChI=1S/C17H23N3O2.ClH/c1-2-3-5-19-17(21)14-11-13-4-10-22-16(13)15(12-14)20-8-6-18-7-9-20;/h4,10-12,18H,2-3,5-9H2,1H3,(H,19,21);1H. The van der Waals surface area contributed by atoms with Crippen LogP contribution in [0.5, 0.6) is 0 Å². The highest BCUT2D eigenvalue weighted by Crippen LogP contribution is 2.30. The molecular formula is C17H24ClN3O2. The highest BCUT2D eigenvalue weighted by atomic mass is 35.5. The second kappa shape index (κ2) is 8.22. The lowest BCUT2D eigenvalue weighted by molar-refractivity contribution is 0.0953. The molecule has 126 valence electrons. The first-order valence-corrected chi connectivity index (χ1v) is 8.04. The zero-order valence-electron chi connectivity index (χ0n) is 13.4. The predicted octanol–water partition coefficient (Wildman–Crippen LogP) is 2.79. The van der Waals surface area contributed by atoms with Gasteiger partial charge in [0.1, 0.15) is 0 Å². The third-order valence-electron chi connectivity index (χ3n) is 4.07. The molecule has 6 heteroatoms. The summed E-state index contributed by atoms with van der Waals surface area (Å²) in [5.74, 6) is -0.00654. The van der Waals surface area contributed by atoms with E-state index in [-0.39, 0.29) is 18.3 Å². The molecule has 0 unspecified atom stereocenters. The predicted molar refractivity (Wildman–Crippen MR) is 95.8 cm³/mol. The summed E-state index contributed by atoms with van der Waals surface area (Å²) in [5.41, 5.74) is 2.59. The normalized spacial score (nSPS) is 14.6. The van der Waals surface area contributed by atoms with E-state index in [9.17, 15) is 4.79 Å². The summed E-state index contributed by atoms with van der Waals surface area (Å²) in [6.07, 6.45) is 3.77. The average molecular weight is 338 g/mol. The fourth-order valence-electron chi connectivity index (χ4n) is 2.82. The van der Waals surface area contributed by atoms with Crippen molar-refractivity contribution in [2.24, 2.45) is 0 Å². The maximum Gasteiger partial charge on any atom is 0.251 e. The van der Waals surface area contributed by atoms with E-state index in [1.807, 2.05) is 18.2 Å². The van der Waals surface area contributed by atoms with Crippen molar-refractivity contribution in [3.63, 3.8) is 0 Å². The number of carbonyl (C=O) groups excluding carboxylic acids is 1. The van der Waals surface area contributed by atoms with Crippen LogP contribution < -0.4 is 15.5 Å². The van der Waals surface area contributed by atoms with Gasteiger partial charge in [-0.1, -0.05) is 13.3 Å². The van der Waals surface area contributed by atoms with E-state index in [4.69, 9.17) is 4.42 Å². The lowest BCUT2D eigenvalue weighted by Crippen LogP contribution is -2.43. The summed E-state index contributed by atoms with van der Waals surface area (Å²) in [6, 6.07) is 5.79. The van der Waals surface area contributed by atoms with Crippen molar-refractivity contribution in [3.8, 4) is 0 Å². The molecule has 1 aromatic heterocycles. The molecule has 0 spiro atoms. The summed E-state index contributed by atoms with van der Waals surface area (Å²) in [6.45, 7) is 6.60. The van der Waals surface area contributed by atoms with E-state index < -0.39 is 0 Å². The van der Waals surface area contributed by atoms with Crippen LogP contribution >= 0.6 is 12.4 Å². The summed E-state index contributed by atoms with van der Waals surface area (Å²) in [5, 5.41) is 7.32. The quantitative estimate of drug-likeness (QED) is 0.824. The number of carbonyl (C=O) groups is 1. The summed E-state index contributed by atoms with van der Waals surface area (Å²) in [7, 11) is 0. The molecule has 2 aromatic rings. The van der Waals surface area contributed by atoms with Crippen molar-refractivity contribution in [1.82, 2.24) is 10.6 Å². The van der Waals surface area contributed by atoms with Gasteiger partial charge in [-0.15, -0.1) is 12.4 Å². The number of furan rings is 1. The number of hydrogen-bond acceptors (Lipinski definition) is 4. The van der Waals surface area contributed by atoms with E-state index in [0.717, 1.165) is 62.2 Å². The lowest BCUT2D eigenvalue weighted by atomic mass is 10.1. The minimum absolute atomic E-state index is 0. The Morgan fingerprint density at radius 3 is 2.87 bits per heavy atom. The van der Waals surface area contributed by atoms with Crippen molar-refractivity contribution in [2.45, 2.75) is 19.8 Å². The third kappa shape index (κ3) is 3.98. The van der Waals surface area contributed by atoms with Gasteiger partial charge >= 0.3 is 0 Å². The Morgan fingerprint density at radius 1 is 1.35 bits per heavy atom. The first-order chi connectivity index (χ1) is 10.8. The fourth-order valence-corrected chi connectivity index (χ4v) is 2.82. The summed E-state index contributed by atoms with van der Waals surface area (Å²) >= 11 is 0. The first-order valence-electron chi connectivity index (χ1n) is 8.04. The Kier molecular flexibility index (Phi) is 6.30. The van der Waals surface area contributed by atoms with Gasteiger partial charge in [0.15, 0.2) is 5.58 Å². The Labute approximate surface area is 142 Å². The number of nitrogens with zero attached hydrogens (tertiary/aromatic N) is 1. The van der Waals surface area contributed by atoms with Crippen LogP contribution in [-0.4, -0.2) is 38.6 Å². The molecule has 0 bridgehead atoms. The van der Waals surface area contributed by atoms with E-state index in [1.54, 1.807) is 6.26 Å². The number of benzene rings is 1. The molecule has 0 radical (unpaired) electrons. The molecule has 1 fully saturated rings. The van der Waals surface area contributed by atoms with Crippen LogP contribution in [0.3, 0.4) is 0 Å². The van der Waals surface area contributed by atoms with Crippen molar-refractivity contribution < 1.29 is 9.21 Å². The van der Waals surface area contributed by atoms with E-state index in [1.165, 1.54) is 0 Å². The van der Waals surface area contributed by atoms with Gasteiger partial charge in [0.05, 0.1) is 12.0 Å². The molecule has 5 nitrogen and oxygen atoms in total. The molecule has 1 aliphatic heterocycles. The molecule has 0 aliphatic carbocycles. The second-order valence-electron chi connectivity index (χ2n) is 5.68. The van der Waals surface area contributed by atoms with Crippen molar-refractivity contribution >= 4 is 35.0 Å². The van der Waals surface area contributed by atoms with Gasteiger partial charge in [-0.3, -0.25) is 4.79 Å². The van der Waals surface area contributed by atoms with Gasteiger partial charge < -0.3 is 20.0 Å². The van der Waals surface area contributed by atoms with E-state index in [0.29, 0.717) is 5.56 Å². The molecule has 0 atom stereocenters. The maximum absolute atomic E-state index is 12.3. The molecule has 0 saturated carbocycles. The van der Waals surface area contributed by atoms with Crippen molar-refractivity contribution in [3.05, 3.63) is 30.0 Å². The van der Waals surface area contributed by atoms with Crippen molar-refractivity contribution in [1.29, 1.82) is 0 Å². The minimum Gasteiger partial charge on any atom is -0.462 e. The SMILES string of the molecule is CCCCNC(=O)c1cc(N2CCNCC2)c2occc2c1.Cl. The number of rotatable bonds is 5. The largest absolute Gasteiger partial charge is 0.462 e. The maximum atomic E-state index is 12.3. The van der Waals surface area contributed by atoms with Gasteiger partial charge in [0.2, 0.25) is 0 Å². The van der Waals surface area contributed by atoms with Gasteiger partial charge in [-0.2, -0.15) is 0 Å². The van der Waals surface area contributed by atoms with Gasteiger partial charge in [0, 0.05) is 43.7 Å². The Morgan fingerprint density at radius 2 is 2.13 bits per heavy atom. The number of anilines is 1. The minimum atomic E-state index is -0.00654. The summed E-state index contributed by atoms with van der Waals surface area (Å²) < 4.78 is 5.64. The molecule has 1 aliphatic rings. The zero-order valence-corrected chi connectivity index (χ0v) is 14.2. The molecule has 2 heterocycles. The highest BCUT2D eigenvalue weighted by Gasteiger charge is 2.18. The summed E-state index contributed by atoms with van der Waals surface area (Å²) in [4.78, 5) is 14.6. The van der Waals surface area contributed by atoms with Crippen LogP contribution in [0.1, 0.15) is 30.1 Å². The molecular weight excluding hydrogens is 314 g/mol. The highest BCUT2D eigenvalue weighted by molar-refractivity contribution is 6.02.